The number of methoxy groups -OCH3 is 1. The smallest absolute Gasteiger partial charge is 0.306 e. The Morgan fingerprint density at radius 3 is 2.90 bits per heavy atom. The van der Waals surface area contributed by atoms with E-state index in [4.69, 9.17) is 14.2 Å². The fraction of sp³-hybridized carbons (Fsp3) is 0.480. The molecule has 3 atom stereocenters. The second-order valence-electron chi connectivity index (χ2n) is 8.77. The van der Waals surface area contributed by atoms with E-state index in [2.05, 4.69) is 11.0 Å². The van der Waals surface area contributed by atoms with Crippen molar-refractivity contribution in [3.8, 4) is 23.0 Å². The zero-order valence-electron chi connectivity index (χ0n) is 17.9. The molecule has 0 aromatic heterocycles. The van der Waals surface area contributed by atoms with Crippen LogP contribution >= 0.6 is 0 Å². The Balaban J connectivity index is 1.64. The molecular weight excluding hydrogens is 394 g/mol. The minimum atomic E-state index is -0.159. The molecule has 3 heterocycles. The summed E-state index contributed by atoms with van der Waals surface area (Å²) in [6.07, 6.45) is 5.86. The van der Waals surface area contributed by atoms with E-state index in [0.29, 0.717) is 36.1 Å². The largest absolute Gasteiger partial charge is 0.504 e. The molecule has 6 nitrogen and oxygen atoms in total. The van der Waals surface area contributed by atoms with Crippen molar-refractivity contribution < 1.29 is 24.1 Å². The standard InChI is InChI=1S/C25H29NO5/c1-29-22-7-4-6-19-20-15-18(14-17-5-2-3-12-26(17)20)30-24(28)11-9-16-8-10-21(27)23(13-16)31-25(19)22/h4,6-8,10,13,17-18,20,27H,2-3,5,9,11-12,14-15H2,1H3. The molecule has 0 spiro atoms. The highest BCUT2D eigenvalue weighted by molar-refractivity contribution is 5.70. The molecule has 3 aliphatic rings. The minimum Gasteiger partial charge on any atom is -0.504 e. The first-order chi connectivity index (χ1) is 15.1. The summed E-state index contributed by atoms with van der Waals surface area (Å²) in [5.74, 6) is 1.53. The maximum Gasteiger partial charge on any atom is 0.306 e. The number of phenolic OH excluding ortho intramolecular Hbond substituents is 1. The fourth-order valence-corrected chi connectivity index (χ4v) is 5.33. The molecule has 2 saturated heterocycles. The van der Waals surface area contributed by atoms with Gasteiger partial charge in [0.25, 0.3) is 0 Å². The van der Waals surface area contributed by atoms with Crippen LogP contribution in [0.25, 0.3) is 0 Å². The van der Waals surface area contributed by atoms with E-state index in [9.17, 15) is 9.90 Å². The Hall–Kier alpha value is -2.73. The summed E-state index contributed by atoms with van der Waals surface area (Å²) in [6, 6.07) is 11.6. The molecule has 6 heteroatoms. The molecule has 2 fully saturated rings. The van der Waals surface area contributed by atoms with Gasteiger partial charge in [0.1, 0.15) is 6.10 Å². The van der Waals surface area contributed by atoms with Gasteiger partial charge in [-0.05, 0) is 49.6 Å². The van der Waals surface area contributed by atoms with Crippen LogP contribution in [0.15, 0.2) is 36.4 Å². The lowest BCUT2D eigenvalue weighted by molar-refractivity contribution is -0.154. The van der Waals surface area contributed by atoms with Crippen molar-refractivity contribution in [2.45, 2.75) is 63.1 Å². The SMILES string of the molecule is COc1cccc2c1Oc1cc(ccc1O)CCC(=O)OC1CC3CCCCN3C2C1. The number of nitrogens with zero attached hydrogens (tertiary/aromatic N) is 1. The van der Waals surface area contributed by atoms with Gasteiger partial charge in [0.05, 0.1) is 7.11 Å². The van der Waals surface area contributed by atoms with Gasteiger partial charge in [0.15, 0.2) is 23.0 Å². The lowest BCUT2D eigenvalue weighted by atomic mass is 9.84. The molecule has 0 aliphatic carbocycles. The molecule has 0 radical (unpaired) electrons. The quantitative estimate of drug-likeness (QED) is 0.668. The van der Waals surface area contributed by atoms with Crippen LogP contribution in [0.2, 0.25) is 0 Å². The molecule has 4 bridgehead atoms. The van der Waals surface area contributed by atoms with Gasteiger partial charge in [-0.1, -0.05) is 24.6 Å². The summed E-state index contributed by atoms with van der Waals surface area (Å²) in [5, 5.41) is 10.5. The number of rotatable bonds is 1. The Morgan fingerprint density at radius 1 is 1.13 bits per heavy atom. The molecule has 31 heavy (non-hydrogen) atoms. The van der Waals surface area contributed by atoms with E-state index in [-0.39, 0.29) is 23.9 Å². The number of aromatic hydroxyl groups is 1. The number of carbonyl (C=O) groups is 1. The van der Waals surface area contributed by atoms with Gasteiger partial charge in [-0.2, -0.15) is 0 Å². The molecule has 164 valence electrons. The average Bonchev–Trinajstić information content (AvgIpc) is 2.79. The molecule has 2 aromatic rings. The predicted molar refractivity (Wildman–Crippen MR) is 116 cm³/mol. The van der Waals surface area contributed by atoms with Crippen LogP contribution in [0.1, 0.15) is 55.7 Å². The molecular formula is C25H29NO5. The van der Waals surface area contributed by atoms with Gasteiger partial charge in [0.2, 0.25) is 0 Å². The number of aryl methyl sites for hydroxylation is 1. The number of ether oxygens (including phenoxy) is 3. The van der Waals surface area contributed by atoms with E-state index < -0.39 is 0 Å². The van der Waals surface area contributed by atoms with Crippen molar-refractivity contribution >= 4 is 5.97 Å². The van der Waals surface area contributed by atoms with Crippen molar-refractivity contribution in [3.63, 3.8) is 0 Å². The Bertz CT molecular complexity index is 974. The number of benzene rings is 2. The van der Waals surface area contributed by atoms with Crippen LogP contribution in [0.5, 0.6) is 23.0 Å². The number of piperidine rings is 2. The lowest BCUT2D eigenvalue weighted by Crippen LogP contribution is -2.49. The maximum atomic E-state index is 12.6. The van der Waals surface area contributed by atoms with Crippen LogP contribution in [0, 0.1) is 0 Å². The number of fused-ring (bicyclic) bond motifs is 8. The minimum absolute atomic E-state index is 0.0630. The first-order valence-corrected chi connectivity index (χ1v) is 11.2. The highest BCUT2D eigenvalue weighted by atomic mass is 16.5. The van der Waals surface area contributed by atoms with Gasteiger partial charge >= 0.3 is 5.97 Å². The molecule has 3 aliphatic heterocycles. The predicted octanol–water partition coefficient (Wildman–Crippen LogP) is 4.74. The van der Waals surface area contributed by atoms with Crippen molar-refractivity contribution in [1.82, 2.24) is 4.90 Å². The summed E-state index contributed by atoms with van der Waals surface area (Å²) in [7, 11) is 1.63. The number of phenols is 1. The summed E-state index contributed by atoms with van der Waals surface area (Å²) >= 11 is 0. The topological polar surface area (TPSA) is 68.2 Å². The highest BCUT2D eigenvalue weighted by Crippen LogP contribution is 2.47. The zero-order valence-corrected chi connectivity index (χ0v) is 17.9. The molecule has 5 rings (SSSR count). The van der Waals surface area contributed by atoms with Crippen molar-refractivity contribution in [3.05, 3.63) is 47.5 Å². The van der Waals surface area contributed by atoms with E-state index in [1.165, 1.54) is 12.8 Å². The zero-order chi connectivity index (χ0) is 21.4. The summed E-state index contributed by atoms with van der Waals surface area (Å²) in [6.45, 7) is 1.02. The third-order valence-electron chi connectivity index (χ3n) is 6.83. The molecule has 3 unspecified atom stereocenters. The third kappa shape index (κ3) is 3.97. The second kappa shape index (κ2) is 8.42. The van der Waals surface area contributed by atoms with Gasteiger partial charge in [-0.25, -0.2) is 0 Å². The molecule has 0 amide bonds. The van der Waals surface area contributed by atoms with Crippen LogP contribution in [0.3, 0.4) is 0 Å². The van der Waals surface area contributed by atoms with Crippen LogP contribution in [0.4, 0.5) is 0 Å². The molecule has 1 N–H and O–H groups in total. The normalized spacial score (nSPS) is 26.1. The first-order valence-electron chi connectivity index (χ1n) is 11.2. The van der Waals surface area contributed by atoms with Gasteiger partial charge < -0.3 is 19.3 Å². The van der Waals surface area contributed by atoms with Crippen LogP contribution < -0.4 is 9.47 Å². The molecule has 0 saturated carbocycles. The number of hydrogen-bond donors (Lipinski definition) is 1. The number of hydrogen-bond acceptors (Lipinski definition) is 6. The number of para-hydroxylation sites is 1. The Labute approximate surface area is 182 Å². The van der Waals surface area contributed by atoms with Gasteiger partial charge in [-0.3, -0.25) is 9.69 Å². The summed E-state index contributed by atoms with van der Waals surface area (Å²) in [4.78, 5) is 15.2. The van der Waals surface area contributed by atoms with Gasteiger partial charge in [-0.15, -0.1) is 0 Å². The van der Waals surface area contributed by atoms with Crippen molar-refractivity contribution in [2.24, 2.45) is 0 Å². The van der Waals surface area contributed by atoms with E-state index in [1.807, 2.05) is 18.2 Å². The highest BCUT2D eigenvalue weighted by Gasteiger charge is 2.40. The van der Waals surface area contributed by atoms with E-state index in [1.54, 1.807) is 19.2 Å². The van der Waals surface area contributed by atoms with E-state index in [0.717, 1.165) is 36.9 Å². The lowest BCUT2D eigenvalue weighted by Gasteiger charge is -2.47. The monoisotopic (exact) mass is 423 g/mol. The first kappa shape index (κ1) is 20.2. The second-order valence-corrected chi connectivity index (χ2v) is 8.77. The third-order valence-corrected chi connectivity index (χ3v) is 6.83. The maximum absolute atomic E-state index is 12.6. The fourth-order valence-electron chi connectivity index (χ4n) is 5.33. The average molecular weight is 424 g/mol. The Kier molecular flexibility index (Phi) is 5.48. The van der Waals surface area contributed by atoms with Crippen molar-refractivity contribution in [1.29, 1.82) is 0 Å². The van der Waals surface area contributed by atoms with Gasteiger partial charge in [0, 0.05) is 36.9 Å². The van der Waals surface area contributed by atoms with Crippen LogP contribution in [-0.2, 0) is 16.0 Å². The Morgan fingerprint density at radius 2 is 2.03 bits per heavy atom. The van der Waals surface area contributed by atoms with E-state index >= 15 is 0 Å². The van der Waals surface area contributed by atoms with Crippen LogP contribution in [-0.4, -0.2) is 41.8 Å². The number of carbonyl (C=O) groups excluding carboxylic acids is 1. The summed E-state index contributed by atoms with van der Waals surface area (Å²) < 4.78 is 18.0. The summed E-state index contributed by atoms with van der Waals surface area (Å²) in [5.41, 5.74) is 1.93. The number of esters is 1. The van der Waals surface area contributed by atoms with Crippen molar-refractivity contribution in [2.75, 3.05) is 13.7 Å². The molecule has 2 aromatic carbocycles.